The number of carboxylic acid groups (broad SMARTS) is 1. The Balaban J connectivity index is 1.66. The highest BCUT2D eigenvalue weighted by Crippen LogP contribution is 2.30. The van der Waals surface area contributed by atoms with Crippen molar-refractivity contribution in [1.29, 1.82) is 0 Å². The Morgan fingerprint density at radius 3 is 2.24 bits per heavy atom. The summed E-state index contributed by atoms with van der Waals surface area (Å²) in [6.07, 6.45) is -3.23. The predicted octanol–water partition coefficient (Wildman–Crippen LogP) is 6.43. The number of nitrogens with zero attached hydrogens (tertiary/aromatic N) is 1. The van der Waals surface area contributed by atoms with Crippen LogP contribution in [0.5, 0.6) is 17.2 Å². The minimum absolute atomic E-state index is 0.116. The third kappa shape index (κ3) is 6.54. The van der Waals surface area contributed by atoms with Crippen LogP contribution in [0.15, 0.2) is 54.7 Å². The molecule has 3 rings (SSSR count). The van der Waals surface area contributed by atoms with Crippen LogP contribution in [0.1, 0.15) is 25.0 Å². The Hall–Kier alpha value is -3.46. The minimum Gasteiger partial charge on any atom is -0.489 e. The van der Waals surface area contributed by atoms with Gasteiger partial charge in [0.25, 0.3) is 0 Å². The van der Waals surface area contributed by atoms with Gasteiger partial charge in [-0.3, -0.25) is 4.98 Å². The van der Waals surface area contributed by atoms with Crippen molar-refractivity contribution >= 4 is 17.6 Å². The van der Waals surface area contributed by atoms with Crippen LogP contribution in [0.4, 0.5) is 13.2 Å². The minimum atomic E-state index is -4.76. The van der Waals surface area contributed by atoms with Crippen molar-refractivity contribution in [3.8, 4) is 28.5 Å². The van der Waals surface area contributed by atoms with Gasteiger partial charge in [-0.1, -0.05) is 11.6 Å². The molecule has 0 unspecified atom stereocenters. The summed E-state index contributed by atoms with van der Waals surface area (Å²) in [5.41, 5.74) is 0.974. The fraction of sp³-hybridized carbons (Fsp3) is 0.250. The maximum atomic E-state index is 12.3. The molecule has 1 aromatic heterocycles. The number of pyridine rings is 1. The van der Waals surface area contributed by atoms with E-state index in [0.717, 1.165) is 0 Å². The number of hydrogen-bond acceptors (Lipinski definition) is 5. The predicted molar refractivity (Wildman–Crippen MR) is 119 cm³/mol. The van der Waals surface area contributed by atoms with Crippen LogP contribution in [-0.4, -0.2) is 28.0 Å². The Morgan fingerprint density at radius 2 is 1.68 bits per heavy atom. The molecule has 1 heterocycles. The smallest absolute Gasteiger partial charge is 0.489 e. The summed E-state index contributed by atoms with van der Waals surface area (Å²) in [4.78, 5) is 15.6. The standard InChI is InChI=1S/C24H21ClF3NO5/c1-14-10-18(8-9-21(14)34-23(2,3)22(30)31)32-13-16-12-29-20(11-19(16)25)15-4-6-17(7-5-15)33-24(26,27)28/h4-12H,13H2,1-3H3,(H,30,31). The number of carboxylic acids is 1. The van der Waals surface area contributed by atoms with Crippen LogP contribution < -0.4 is 14.2 Å². The molecule has 0 amide bonds. The van der Waals surface area contributed by atoms with E-state index in [1.165, 1.54) is 44.3 Å². The lowest BCUT2D eigenvalue weighted by molar-refractivity contribution is -0.274. The molecular weight excluding hydrogens is 475 g/mol. The SMILES string of the molecule is Cc1cc(OCc2cnc(-c3ccc(OC(F)(F)F)cc3)cc2Cl)ccc1OC(C)(C)C(=O)O. The number of carbonyl (C=O) groups is 1. The van der Waals surface area contributed by atoms with E-state index in [1.807, 2.05) is 0 Å². The van der Waals surface area contributed by atoms with Gasteiger partial charge in [0, 0.05) is 17.3 Å². The van der Waals surface area contributed by atoms with Gasteiger partial charge in [-0.05, 0) is 74.9 Å². The molecule has 0 aliphatic carbocycles. The molecule has 2 aromatic carbocycles. The fourth-order valence-corrected chi connectivity index (χ4v) is 3.06. The Morgan fingerprint density at radius 1 is 1.03 bits per heavy atom. The number of benzene rings is 2. The van der Waals surface area contributed by atoms with Crippen LogP contribution >= 0.6 is 11.6 Å². The molecule has 10 heteroatoms. The van der Waals surface area contributed by atoms with Crippen LogP contribution in [-0.2, 0) is 11.4 Å². The van der Waals surface area contributed by atoms with Crippen LogP contribution in [0.2, 0.25) is 5.02 Å². The summed E-state index contributed by atoms with van der Waals surface area (Å²) in [6.45, 7) is 4.81. The van der Waals surface area contributed by atoms with Crippen molar-refractivity contribution in [3.63, 3.8) is 0 Å². The first-order chi connectivity index (χ1) is 15.8. The number of aryl methyl sites for hydroxylation is 1. The average molecular weight is 496 g/mol. The second-order valence-electron chi connectivity index (χ2n) is 7.87. The van der Waals surface area contributed by atoms with Gasteiger partial charge in [0.1, 0.15) is 23.9 Å². The number of aliphatic carboxylic acids is 1. The largest absolute Gasteiger partial charge is 0.573 e. The molecule has 0 spiro atoms. The Labute approximate surface area is 198 Å². The average Bonchev–Trinajstić information content (AvgIpc) is 2.74. The Kier molecular flexibility index (Phi) is 7.26. The van der Waals surface area contributed by atoms with E-state index in [9.17, 15) is 23.1 Å². The third-order valence-corrected chi connectivity index (χ3v) is 5.09. The second kappa shape index (κ2) is 9.80. The summed E-state index contributed by atoms with van der Waals surface area (Å²) in [5.74, 6) is -0.456. The number of rotatable bonds is 8. The highest BCUT2D eigenvalue weighted by Gasteiger charge is 2.31. The van der Waals surface area contributed by atoms with Crippen LogP contribution in [0.25, 0.3) is 11.3 Å². The van der Waals surface area contributed by atoms with E-state index in [-0.39, 0.29) is 12.4 Å². The number of aromatic nitrogens is 1. The van der Waals surface area contributed by atoms with E-state index in [4.69, 9.17) is 21.1 Å². The maximum Gasteiger partial charge on any atom is 0.573 e. The Bertz CT molecular complexity index is 1180. The molecule has 1 N–H and O–H groups in total. The summed E-state index contributed by atoms with van der Waals surface area (Å²) >= 11 is 6.35. The molecule has 180 valence electrons. The van der Waals surface area contributed by atoms with Crippen molar-refractivity contribution in [2.75, 3.05) is 0 Å². The van der Waals surface area contributed by atoms with E-state index in [0.29, 0.717) is 38.9 Å². The lowest BCUT2D eigenvalue weighted by Gasteiger charge is -2.23. The molecular formula is C24H21ClF3NO5. The number of alkyl halides is 3. The monoisotopic (exact) mass is 495 g/mol. The maximum absolute atomic E-state index is 12.3. The highest BCUT2D eigenvalue weighted by molar-refractivity contribution is 6.31. The van der Waals surface area contributed by atoms with Gasteiger partial charge in [-0.15, -0.1) is 13.2 Å². The normalized spacial score (nSPS) is 11.7. The molecule has 0 saturated heterocycles. The molecule has 0 aliphatic heterocycles. The molecule has 34 heavy (non-hydrogen) atoms. The van der Waals surface area contributed by atoms with Crippen molar-refractivity contribution in [3.05, 3.63) is 70.9 Å². The third-order valence-electron chi connectivity index (χ3n) is 4.73. The number of hydrogen-bond donors (Lipinski definition) is 1. The fourth-order valence-electron chi connectivity index (χ4n) is 2.86. The van der Waals surface area contributed by atoms with Crippen LogP contribution in [0, 0.1) is 6.92 Å². The summed E-state index contributed by atoms with van der Waals surface area (Å²) in [6, 6.07) is 11.9. The van der Waals surface area contributed by atoms with Gasteiger partial charge < -0.3 is 19.3 Å². The first-order valence-corrected chi connectivity index (χ1v) is 10.4. The number of ether oxygens (including phenoxy) is 3. The van der Waals surface area contributed by atoms with Crippen molar-refractivity contribution in [1.82, 2.24) is 4.98 Å². The van der Waals surface area contributed by atoms with E-state index in [1.54, 1.807) is 31.2 Å². The first kappa shape index (κ1) is 25.2. The summed E-state index contributed by atoms with van der Waals surface area (Å²) in [5, 5.41) is 9.59. The van der Waals surface area contributed by atoms with Crippen molar-refractivity contribution in [2.24, 2.45) is 0 Å². The zero-order chi connectivity index (χ0) is 25.1. The van der Waals surface area contributed by atoms with Gasteiger partial charge in [0.05, 0.1) is 10.7 Å². The van der Waals surface area contributed by atoms with E-state index in [2.05, 4.69) is 9.72 Å². The first-order valence-electron chi connectivity index (χ1n) is 10.0. The van der Waals surface area contributed by atoms with E-state index < -0.39 is 17.9 Å². The quantitative estimate of drug-likeness (QED) is 0.388. The molecule has 0 radical (unpaired) electrons. The van der Waals surface area contributed by atoms with Crippen LogP contribution in [0.3, 0.4) is 0 Å². The van der Waals surface area contributed by atoms with Gasteiger partial charge in [0.15, 0.2) is 5.60 Å². The topological polar surface area (TPSA) is 77.9 Å². The molecule has 0 saturated carbocycles. The summed E-state index contributed by atoms with van der Waals surface area (Å²) in [7, 11) is 0. The second-order valence-corrected chi connectivity index (χ2v) is 8.27. The van der Waals surface area contributed by atoms with Gasteiger partial charge in [-0.25, -0.2) is 4.79 Å². The van der Waals surface area contributed by atoms with Gasteiger partial charge in [0.2, 0.25) is 0 Å². The van der Waals surface area contributed by atoms with Gasteiger partial charge in [-0.2, -0.15) is 0 Å². The molecule has 0 atom stereocenters. The molecule has 0 bridgehead atoms. The summed E-state index contributed by atoms with van der Waals surface area (Å²) < 4.78 is 52.1. The van der Waals surface area contributed by atoms with Crippen molar-refractivity contribution < 1.29 is 37.3 Å². The van der Waals surface area contributed by atoms with Crippen molar-refractivity contribution in [2.45, 2.75) is 39.3 Å². The zero-order valence-corrected chi connectivity index (χ0v) is 19.2. The molecule has 0 fully saturated rings. The van der Waals surface area contributed by atoms with E-state index >= 15 is 0 Å². The molecule has 6 nitrogen and oxygen atoms in total. The molecule has 0 aliphatic rings. The molecule has 3 aromatic rings. The zero-order valence-electron chi connectivity index (χ0n) is 18.4. The highest BCUT2D eigenvalue weighted by atomic mass is 35.5. The lowest BCUT2D eigenvalue weighted by Crippen LogP contribution is -2.38. The van der Waals surface area contributed by atoms with Gasteiger partial charge >= 0.3 is 12.3 Å². The number of halogens is 4. The lowest BCUT2D eigenvalue weighted by atomic mass is 10.1.